The van der Waals surface area contributed by atoms with Crippen molar-refractivity contribution >= 4 is 17.5 Å². The smallest absolute Gasteiger partial charge is 0.250 e. The Kier molecular flexibility index (Phi) is 5.98. The van der Waals surface area contributed by atoms with E-state index in [2.05, 4.69) is 5.32 Å². The molecule has 0 saturated carbocycles. The Hall–Kier alpha value is -1.92. The summed E-state index contributed by atoms with van der Waals surface area (Å²) in [4.78, 5) is 23.1. The summed E-state index contributed by atoms with van der Waals surface area (Å²) in [5.74, 6) is -0.936. The summed E-state index contributed by atoms with van der Waals surface area (Å²) in [5, 5.41) is 2.61. The predicted octanol–water partition coefficient (Wildman–Crippen LogP) is 0.478. The molecule has 19 heavy (non-hydrogen) atoms. The molecule has 0 radical (unpaired) electrons. The molecule has 0 bridgehead atoms. The van der Waals surface area contributed by atoms with Gasteiger partial charge in [-0.3, -0.25) is 9.59 Å². The van der Waals surface area contributed by atoms with E-state index >= 15 is 0 Å². The molecule has 0 fully saturated rings. The van der Waals surface area contributed by atoms with Gasteiger partial charge in [-0.25, -0.2) is 0 Å². The van der Waals surface area contributed by atoms with Crippen molar-refractivity contribution in [3.05, 3.63) is 29.8 Å². The maximum atomic E-state index is 11.9. The maximum absolute atomic E-state index is 11.9. The van der Waals surface area contributed by atoms with Gasteiger partial charge in [0.1, 0.15) is 0 Å². The zero-order valence-corrected chi connectivity index (χ0v) is 10.9. The molecule has 0 aliphatic carbocycles. The molecule has 6 heteroatoms. The van der Waals surface area contributed by atoms with E-state index < -0.39 is 11.9 Å². The summed E-state index contributed by atoms with van der Waals surface area (Å²) < 4.78 is 4.89. The van der Waals surface area contributed by atoms with Crippen LogP contribution in [0.25, 0.3) is 0 Å². The summed E-state index contributed by atoms with van der Waals surface area (Å²) in [6.45, 7) is 0.554. The van der Waals surface area contributed by atoms with Crippen LogP contribution in [0.15, 0.2) is 24.3 Å². The van der Waals surface area contributed by atoms with Crippen molar-refractivity contribution in [1.29, 1.82) is 0 Å². The minimum Gasteiger partial charge on any atom is -0.385 e. The van der Waals surface area contributed by atoms with Gasteiger partial charge in [-0.15, -0.1) is 0 Å². The molecule has 0 aliphatic heterocycles. The van der Waals surface area contributed by atoms with Gasteiger partial charge in [-0.1, -0.05) is 12.1 Å². The van der Waals surface area contributed by atoms with Crippen molar-refractivity contribution in [3.8, 4) is 0 Å². The Morgan fingerprint density at radius 1 is 1.37 bits per heavy atom. The number of methoxy groups -OCH3 is 1. The molecule has 1 aromatic carbocycles. The highest BCUT2D eigenvalue weighted by Crippen LogP contribution is 2.14. The van der Waals surface area contributed by atoms with E-state index in [0.717, 1.165) is 0 Å². The van der Waals surface area contributed by atoms with Crippen LogP contribution in [0, 0.1) is 0 Å². The second-order valence-electron chi connectivity index (χ2n) is 4.14. The topological polar surface area (TPSA) is 107 Å². The Morgan fingerprint density at radius 3 is 2.68 bits per heavy atom. The summed E-state index contributed by atoms with van der Waals surface area (Å²) in [5.41, 5.74) is 11.6. The SMILES string of the molecule is COCCCC(N)C(=O)Nc1ccccc1C(N)=O. The molecular weight excluding hydrogens is 246 g/mol. The van der Waals surface area contributed by atoms with Crippen LogP contribution in [0.1, 0.15) is 23.2 Å². The van der Waals surface area contributed by atoms with Crippen molar-refractivity contribution in [2.45, 2.75) is 18.9 Å². The third kappa shape index (κ3) is 4.69. The quantitative estimate of drug-likeness (QED) is 0.623. The number of nitrogens with two attached hydrogens (primary N) is 2. The molecule has 1 atom stereocenters. The molecule has 104 valence electrons. The molecule has 0 heterocycles. The maximum Gasteiger partial charge on any atom is 0.250 e. The van der Waals surface area contributed by atoms with Crippen LogP contribution < -0.4 is 16.8 Å². The summed E-state index contributed by atoms with van der Waals surface area (Å²) in [6.07, 6.45) is 1.21. The number of amides is 2. The Balaban J connectivity index is 2.64. The lowest BCUT2D eigenvalue weighted by atomic mass is 10.1. The van der Waals surface area contributed by atoms with E-state index in [-0.39, 0.29) is 11.5 Å². The van der Waals surface area contributed by atoms with Crippen molar-refractivity contribution in [1.82, 2.24) is 0 Å². The first-order valence-corrected chi connectivity index (χ1v) is 6.00. The molecule has 0 aliphatic rings. The van der Waals surface area contributed by atoms with Crippen LogP contribution in [-0.2, 0) is 9.53 Å². The number of rotatable bonds is 7. The number of ether oxygens (including phenoxy) is 1. The zero-order valence-electron chi connectivity index (χ0n) is 10.9. The van der Waals surface area contributed by atoms with Crippen LogP contribution in [-0.4, -0.2) is 31.6 Å². The van der Waals surface area contributed by atoms with Gasteiger partial charge in [-0.05, 0) is 25.0 Å². The van der Waals surface area contributed by atoms with Gasteiger partial charge in [0.25, 0.3) is 5.91 Å². The fraction of sp³-hybridized carbons (Fsp3) is 0.385. The number of hydrogen-bond acceptors (Lipinski definition) is 4. The fourth-order valence-corrected chi connectivity index (χ4v) is 1.61. The lowest BCUT2D eigenvalue weighted by molar-refractivity contribution is -0.117. The highest BCUT2D eigenvalue weighted by Gasteiger charge is 2.15. The number of nitrogens with one attached hydrogen (secondary N) is 1. The van der Waals surface area contributed by atoms with Gasteiger partial charge in [0.15, 0.2) is 0 Å². The van der Waals surface area contributed by atoms with Gasteiger partial charge >= 0.3 is 0 Å². The van der Waals surface area contributed by atoms with Gasteiger partial charge in [0.2, 0.25) is 5.91 Å². The van der Waals surface area contributed by atoms with Crippen molar-refractivity contribution < 1.29 is 14.3 Å². The van der Waals surface area contributed by atoms with E-state index in [9.17, 15) is 9.59 Å². The summed E-state index contributed by atoms with van der Waals surface area (Å²) >= 11 is 0. The van der Waals surface area contributed by atoms with Gasteiger partial charge in [0, 0.05) is 13.7 Å². The predicted molar refractivity (Wildman–Crippen MR) is 72.7 cm³/mol. The Labute approximate surface area is 112 Å². The Morgan fingerprint density at radius 2 is 2.05 bits per heavy atom. The van der Waals surface area contributed by atoms with E-state index in [1.807, 2.05) is 0 Å². The monoisotopic (exact) mass is 265 g/mol. The van der Waals surface area contributed by atoms with Gasteiger partial charge in [0.05, 0.1) is 17.3 Å². The number of benzene rings is 1. The second kappa shape index (κ2) is 7.50. The largest absolute Gasteiger partial charge is 0.385 e. The van der Waals surface area contributed by atoms with Crippen molar-refractivity contribution in [2.75, 3.05) is 19.0 Å². The molecule has 0 saturated heterocycles. The van der Waals surface area contributed by atoms with Crippen LogP contribution in [0.2, 0.25) is 0 Å². The molecule has 1 rings (SSSR count). The fourth-order valence-electron chi connectivity index (χ4n) is 1.61. The molecule has 0 spiro atoms. The average molecular weight is 265 g/mol. The standard InChI is InChI=1S/C13H19N3O3/c1-19-8-4-6-10(14)13(18)16-11-7-3-2-5-9(11)12(15)17/h2-3,5,7,10H,4,6,8,14H2,1H3,(H2,15,17)(H,16,18). The third-order valence-electron chi connectivity index (χ3n) is 2.65. The molecule has 6 nitrogen and oxygen atoms in total. The number of para-hydroxylation sites is 1. The highest BCUT2D eigenvalue weighted by atomic mass is 16.5. The summed E-state index contributed by atoms with van der Waals surface area (Å²) in [7, 11) is 1.59. The van der Waals surface area contributed by atoms with E-state index in [1.165, 1.54) is 0 Å². The number of primary amides is 1. The first-order valence-electron chi connectivity index (χ1n) is 6.00. The lowest BCUT2D eigenvalue weighted by Gasteiger charge is -2.13. The normalized spacial score (nSPS) is 11.9. The van der Waals surface area contributed by atoms with Crippen LogP contribution in [0.5, 0.6) is 0 Å². The first-order chi connectivity index (χ1) is 9.06. The number of hydrogen-bond donors (Lipinski definition) is 3. The summed E-state index contributed by atoms with van der Waals surface area (Å²) in [6, 6.07) is 5.90. The molecular formula is C13H19N3O3. The lowest BCUT2D eigenvalue weighted by Crippen LogP contribution is -2.36. The number of carbonyl (C=O) groups excluding carboxylic acids is 2. The molecule has 5 N–H and O–H groups in total. The molecule has 0 aromatic heterocycles. The van der Waals surface area contributed by atoms with Crippen LogP contribution in [0.4, 0.5) is 5.69 Å². The average Bonchev–Trinajstić information content (AvgIpc) is 2.39. The highest BCUT2D eigenvalue weighted by molar-refractivity contribution is 6.04. The van der Waals surface area contributed by atoms with E-state index in [0.29, 0.717) is 25.1 Å². The molecule has 2 amide bonds. The third-order valence-corrected chi connectivity index (χ3v) is 2.65. The number of anilines is 1. The number of carbonyl (C=O) groups is 2. The minimum atomic E-state index is -0.643. The second-order valence-corrected chi connectivity index (χ2v) is 4.14. The van der Waals surface area contributed by atoms with Crippen molar-refractivity contribution in [3.63, 3.8) is 0 Å². The van der Waals surface area contributed by atoms with Gasteiger partial charge in [-0.2, -0.15) is 0 Å². The molecule has 1 aromatic rings. The first kappa shape index (κ1) is 15.1. The van der Waals surface area contributed by atoms with E-state index in [1.54, 1.807) is 31.4 Å². The van der Waals surface area contributed by atoms with Crippen molar-refractivity contribution in [2.24, 2.45) is 11.5 Å². The zero-order chi connectivity index (χ0) is 14.3. The molecule has 1 unspecified atom stereocenters. The Bertz CT molecular complexity index is 449. The van der Waals surface area contributed by atoms with Gasteiger partial charge < -0.3 is 21.5 Å². The van der Waals surface area contributed by atoms with Crippen LogP contribution >= 0.6 is 0 Å². The minimum absolute atomic E-state index is 0.264. The van der Waals surface area contributed by atoms with Crippen LogP contribution in [0.3, 0.4) is 0 Å². The van der Waals surface area contributed by atoms with E-state index in [4.69, 9.17) is 16.2 Å².